The average molecular weight is 415 g/mol. The Labute approximate surface area is 168 Å². The van der Waals surface area contributed by atoms with Gasteiger partial charge in [-0.05, 0) is 18.6 Å². The van der Waals surface area contributed by atoms with Crippen LogP contribution in [0.25, 0.3) is 0 Å². The Kier molecular flexibility index (Phi) is 8.09. The van der Waals surface area contributed by atoms with Gasteiger partial charge in [-0.25, -0.2) is 8.42 Å². The summed E-state index contributed by atoms with van der Waals surface area (Å²) in [5.74, 6) is 0.981. The van der Waals surface area contributed by atoms with E-state index < -0.39 is 10.0 Å². The number of methoxy groups -OCH3 is 2. The number of benzene rings is 1. The molecule has 28 heavy (non-hydrogen) atoms. The van der Waals surface area contributed by atoms with Gasteiger partial charge in [0.05, 0.1) is 45.3 Å². The molecule has 0 atom stereocenters. The first-order chi connectivity index (χ1) is 13.3. The molecule has 1 amide bonds. The molecule has 0 unspecified atom stereocenters. The van der Waals surface area contributed by atoms with Gasteiger partial charge in [0.1, 0.15) is 0 Å². The number of unbranched alkanes of at least 4 members (excludes halogenated alkanes) is 1. The third-order valence-corrected chi connectivity index (χ3v) is 6.99. The summed E-state index contributed by atoms with van der Waals surface area (Å²) in [6.45, 7) is 5.27. The lowest BCUT2D eigenvalue weighted by Gasteiger charge is -2.32. The number of sulfonamides is 1. The van der Waals surface area contributed by atoms with E-state index in [9.17, 15) is 13.2 Å². The number of hydrogen-bond acceptors (Lipinski definition) is 5. The first-order valence-electron chi connectivity index (χ1n) is 9.63. The van der Waals surface area contributed by atoms with Gasteiger partial charge in [-0.2, -0.15) is 4.31 Å². The zero-order valence-electron chi connectivity index (χ0n) is 17.2. The van der Waals surface area contributed by atoms with Crippen molar-refractivity contribution in [2.24, 2.45) is 0 Å². The highest BCUT2D eigenvalue weighted by molar-refractivity contribution is 7.89. The van der Waals surface area contributed by atoms with Crippen molar-refractivity contribution in [2.75, 3.05) is 60.5 Å². The molecule has 0 saturated carbocycles. The number of nitrogens with one attached hydrogen (secondary N) is 1. The first-order valence-corrected chi connectivity index (χ1v) is 11.1. The van der Waals surface area contributed by atoms with Crippen LogP contribution in [0.5, 0.6) is 11.5 Å². The van der Waals surface area contributed by atoms with Crippen LogP contribution in [0.4, 0.5) is 0 Å². The molecule has 1 aromatic rings. The van der Waals surface area contributed by atoms with Crippen LogP contribution in [-0.2, 0) is 14.8 Å². The summed E-state index contributed by atoms with van der Waals surface area (Å²) in [6, 6.07) is 4.61. The molecule has 1 fully saturated rings. The second-order valence-electron chi connectivity index (χ2n) is 7.02. The van der Waals surface area contributed by atoms with Gasteiger partial charge in [-0.15, -0.1) is 0 Å². The molecule has 2 rings (SSSR count). The number of hydrogen-bond donors (Lipinski definition) is 1. The predicted molar refractivity (Wildman–Crippen MR) is 106 cm³/mol. The van der Waals surface area contributed by atoms with Gasteiger partial charge in [-0.3, -0.25) is 4.79 Å². The Morgan fingerprint density at radius 2 is 1.82 bits per heavy atom. The topological polar surface area (TPSA) is 80.6 Å². The molecule has 0 radical (unpaired) electrons. The van der Waals surface area contributed by atoms with Crippen molar-refractivity contribution in [2.45, 2.75) is 24.7 Å². The van der Waals surface area contributed by atoms with E-state index in [1.165, 1.54) is 30.7 Å². The number of amides is 1. The Bertz CT molecular complexity index is 761. The lowest BCUT2D eigenvalue weighted by molar-refractivity contribution is -0.895. The van der Waals surface area contributed by atoms with Crippen LogP contribution in [0.2, 0.25) is 0 Å². The first kappa shape index (κ1) is 22.4. The van der Waals surface area contributed by atoms with Crippen LogP contribution < -0.4 is 14.4 Å². The zero-order valence-corrected chi connectivity index (χ0v) is 18.0. The van der Waals surface area contributed by atoms with E-state index in [0.717, 1.165) is 24.3 Å². The summed E-state index contributed by atoms with van der Waals surface area (Å²) in [5, 5.41) is 0. The van der Waals surface area contributed by atoms with Crippen molar-refractivity contribution >= 4 is 15.9 Å². The largest absolute Gasteiger partial charge is 0.493 e. The van der Waals surface area contributed by atoms with Crippen molar-refractivity contribution in [1.29, 1.82) is 0 Å². The molecule has 0 bridgehead atoms. The summed E-state index contributed by atoms with van der Waals surface area (Å²) in [5.41, 5.74) is 0. The minimum absolute atomic E-state index is 0.111. The number of carbonyl (C=O) groups is 1. The Hall–Kier alpha value is -1.84. The van der Waals surface area contributed by atoms with Gasteiger partial charge in [0.15, 0.2) is 18.0 Å². The van der Waals surface area contributed by atoms with E-state index in [1.807, 2.05) is 7.05 Å². The van der Waals surface area contributed by atoms with Gasteiger partial charge in [-0.1, -0.05) is 13.3 Å². The molecule has 9 heteroatoms. The summed E-state index contributed by atoms with van der Waals surface area (Å²) < 4.78 is 37.8. The molecule has 0 aromatic heterocycles. The summed E-state index contributed by atoms with van der Waals surface area (Å²) in [6.07, 6.45) is 2.05. The maximum atomic E-state index is 13.0. The molecule has 1 aliphatic rings. The van der Waals surface area contributed by atoms with Gasteiger partial charge in [0, 0.05) is 19.7 Å². The molecule has 8 nitrogen and oxygen atoms in total. The second kappa shape index (κ2) is 10.1. The minimum Gasteiger partial charge on any atom is -0.493 e. The fraction of sp³-hybridized carbons (Fsp3) is 0.632. The van der Waals surface area contributed by atoms with Crippen molar-refractivity contribution in [1.82, 2.24) is 9.21 Å². The maximum absolute atomic E-state index is 13.0. The second-order valence-corrected chi connectivity index (χ2v) is 8.95. The van der Waals surface area contributed by atoms with Crippen molar-refractivity contribution in [3.8, 4) is 11.5 Å². The Morgan fingerprint density at radius 3 is 2.39 bits per heavy atom. The highest BCUT2D eigenvalue weighted by atomic mass is 32.2. The third-order valence-electron chi connectivity index (χ3n) is 5.10. The van der Waals surface area contributed by atoms with Gasteiger partial charge >= 0.3 is 0 Å². The molecular weight excluding hydrogens is 382 g/mol. The quantitative estimate of drug-likeness (QED) is 0.608. The summed E-state index contributed by atoms with van der Waals surface area (Å²) >= 11 is 0. The SMILES string of the molecule is CCCCN(C)C(=O)C[NH+]1CCN(S(=O)(=O)c2ccc(OC)c(OC)c2)CC1. The monoisotopic (exact) mass is 414 g/mol. The maximum Gasteiger partial charge on any atom is 0.277 e. The highest BCUT2D eigenvalue weighted by Gasteiger charge is 2.32. The average Bonchev–Trinajstić information content (AvgIpc) is 2.71. The van der Waals surface area contributed by atoms with Crippen molar-refractivity contribution in [3.63, 3.8) is 0 Å². The number of likely N-dealkylation sites (N-methyl/N-ethyl adjacent to an activating group) is 1. The van der Waals surface area contributed by atoms with Gasteiger partial charge in [0.2, 0.25) is 10.0 Å². The van der Waals surface area contributed by atoms with Crippen LogP contribution in [-0.4, -0.2) is 84.1 Å². The zero-order chi connectivity index (χ0) is 20.7. The Balaban J connectivity index is 1.97. The van der Waals surface area contributed by atoms with Crippen LogP contribution in [0.3, 0.4) is 0 Å². The molecule has 0 aliphatic carbocycles. The molecular formula is C19H32N3O5S+. The lowest BCUT2D eigenvalue weighted by atomic mass is 10.3. The number of carbonyl (C=O) groups excluding carboxylic acids is 1. The fourth-order valence-electron chi connectivity index (χ4n) is 3.21. The third kappa shape index (κ3) is 5.36. The van der Waals surface area contributed by atoms with E-state index in [4.69, 9.17) is 9.47 Å². The van der Waals surface area contributed by atoms with Crippen LogP contribution in [0.1, 0.15) is 19.8 Å². The van der Waals surface area contributed by atoms with Crippen LogP contribution in [0.15, 0.2) is 23.1 Å². The summed E-state index contributed by atoms with van der Waals surface area (Å²) in [7, 11) is 1.20. The number of rotatable bonds is 9. The number of quaternary nitrogens is 1. The van der Waals surface area contributed by atoms with E-state index in [-0.39, 0.29) is 10.8 Å². The number of ether oxygens (including phenoxy) is 2. The van der Waals surface area contributed by atoms with Crippen LogP contribution in [0, 0.1) is 0 Å². The van der Waals surface area contributed by atoms with E-state index in [1.54, 1.807) is 11.0 Å². The molecule has 1 N–H and O–H groups in total. The van der Waals surface area contributed by atoms with Gasteiger partial charge < -0.3 is 19.3 Å². The number of nitrogens with zero attached hydrogens (tertiary/aromatic N) is 2. The molecule has 0 spiro atoms. The minimum atomic E-state index is -3.61. The molecule has 158 valence electrons. The molecule has 1 aliphatic heterocycles. The van der Waals surface area contributed by atoms with Crippen molar-refractivity contribution < 1.29 is 27.6 Å². The van der Waals surface area contributed by atoms with Crippen LogP contribution >= 0.6 is 0 Å². The normalized spacial score (nSPS) is 16.0. The van der Waals surface area contributed by atoms with Gasteiger partial charge in [0.25, 0.3) is 5.91 Å². The fourth-order valence-corrected chi connectivity index (χ4v) is 4.67. The molecule has 1 aromatic carbocycles. The smallest absolute Gasteiger partial charge is 0.277 e. The van der Waals surface area contributed by atoms with E-state index in [2.05, 4.69) is 6.92 Å². The number of piperazine rings is 1. The van der Waals surface area contributed by atoms with E-state index >= 15 is 0 Å². The lowest BCUT2D eigenvalue weighted by Crippen LogP contribution is -3.15. The highest BCUT2D eigenvalue weighted by Crippen LogP contribution is 2.30. The molecule has 1 saturated heterocycles. The summed E-state index contributed by atoms with van der Waals surface area (Å²) in [4.78, 5) is 15.4. The Morgan fingerprint density at radius 1 is 1.18 bits per heavy atom. The standard InChI is InChI=1S/C19H31N3O5S/c1-5-6-9-20(2)19(23)15-21-10-12-22(13-11-21)28(24,25)16-7-8-17(26-3)18(14-16)27-4/h7-8,14H,5-6,9-13,15H2,1-4H3/p+1. The van der Waals surface area contributed by atoms with Crippen molar-refractivity contribution in [3.05, 3.63) is 18.2 Å². The van der Waals surface area contributed by atoms with E-state index in [0.29, 0.717) is 44.2 Å². The predicted octanol–water partition coefficient (Wildman–Crippen LogP) is -0.148. The molecule has 1 heterocycles.